The monoisotopic (exact) mass is 219 g/mol. The molecule has 1 nitrogen and oxygen atoms in total. The van der Waals surface area contributed by atoms with Crippen LogP contribution in [0.5, 0.6) is 0 Å². The van der Waals surface area contributed by atoms with E-state index in [9.17, 15) is 0 Å². The molecule has 30 valence electrons. The minimum Gasteiger partial charge on any atom is -0.220 e. The average molecular weight is 219 g/mol. The second-order valence-corrected chi connectivity index (χ2v) is 6.05. The summed E-state index contributed by atoms with van der Waals surface area (Å²) in [6.45, 7) is 0. The van der Waals surface area contributed by atoms with Crippen molar-refractivity contribution in [3.63, 3.8) is 0 Å². The third-order valence-corrected chi connectivity index (χ3v) is 6.60. The van der Waals surface area contributed by atoms with Gasteiger partial charge in [-0.1, -0.05) is 8.27 Å². The van der Waals surface area contributed by atoms with E-state index in [0.29, 0.717) is 0 Å². The topological polar surface area (TPSA) is 3.24 Å². The molecule has 0 bridgehead atoms. The molecule has 5 heavy (non-hydrogen) atoms. The van der Waals surface area contributed by atoms with E-state index in [1.54, 1.807) is 0 Å². The van der Waals surface area contributed by atoms with Crippen LogP contribution in [0.3, 0.4) is 0 Å². The van der Waals surface area contributed by atoms with Crippen LogP contribution in [-0.4, -0.2) is 9.17 Å². The zero-order valence-electron chi connectivity index (χ0n) is 2.53. The summed E-state index contributed by atoms with van der Waals surface area (Å²) in [6.07, 6.45) is 1.35. The van der Waals surface area contributed by atoms with E-state index in [2.05, 4.69) is 25.7 Å². The van der Waals surface area contributed by atoms with Crippen molar-refractivity contribution in [2.24, 2.45) is 0 Å². The Kier molecular flexibility index (Phi) is 1.90. The number of hydrogen-bond acceptors (Lipinski definition) is 1. The van der Waals surface area contributed by atoms with Gasteiger partial charge in [-0.15, -0.1) is 0 Å². The lowest BCUT2D eigenvalue weighted by molar-refractivity contribution is 0.944. The maximum atomic E-state index is 2.35. The van der Waals surface area contributed by atoms with Crippen LogP contribution in [-0.2, 0) is 0 Å². The molecule has 0 spiro atoms. The molecule has 2 atom stereocenters. The fourth-order valence-electron chi connectivity index (χ4n) is 0.139. The highest BCUT2D eigenvalue weighted by molar-refractivity contribution is 14.1. The maximum Gasteiger partial charge on any atom is 0.0345 e. The second kappa shape index (κ2) is 2.02. The summed E-state index contributed by atoms with van der Waals surface area (Å²) < 4.78 is 2.32. The highest BCUT2D eigenvalue weighted by Gasteiger charge is 2.07. The lowest BCUT2D eigenvalue weighted by Crippen LogP contribution is -2.00. The van der Waals surface area contributed by atoms with Gasteiger partial charge in [0, 0.05) is 29.2 Å². The lowest BCUT2D eigenvalue weighted by Gasteiger charge is -2.21. The Hall–Kier alpha value is 1.55. The molecule has 1 aliphatic heterocycles. The van der Waals surface area contributed by atoms with E-state index >= 15 is 0 Å². The first-order chi connectivity index (χ1) is 2.39. The van der Waals surface area contributed by atoms with Crippen molar-refractivity contribution in [3.05, 3.63) is 0 Å². The molecule has 0 amide bonds. The zero-order chi connectivity index (χ0) is 3.70. The van der Waals surface area contributed by atoms with Gasteiger partial charge in [-0.2, -0.15) is 0 Å². The first-order valence-corrected chi connectivity index (χ1v) is 5.43. The van der Waals surface area contributed by atoms with Gasteiger partial charge in [0.2, 0.25) is 0 Å². The zero-order valence-corrected chi connectivity index (χ0v) is 6.69. The van der Waals surface area contributed by atoms with Crippen LogP contribution in [0, 0.1) is 0 Å². The Balaban J connectivity index is 2.08. The standard InChI is InChI=1S/CH4INP2/c2-3-1-4-5-3/h4-5H,1H2. The lowest BCUT2D eigenvalue weighted by atomic mass is 11.5. The van der Waals surface area contributed by atoms with Crippen LogP contribution < -0.4 is 0 Å². The van der Waals surface area contributed by atoms with Crippen molar-refractivity contribution in [2.45, 2.75) is 0 Å². The number of halogens is 1. The van der Waals surface area contributed by atoms with Gasteiger partial charge in [0.15, 0.2) is 0 Å². The third-order valence-electron chi connectivity index (χ3n) is 0.418. The molecule has 4 heteroatoms. The van der Waals surface area contributed by atoms with Gasteiger partial charge in [0.25, 0.3) is 0 Å². The largest absolute Gasteiger partial charge is 0.220 e. The van der Waals surface area contributed by atoms with Crippen molar-refractivity contribution in [1.29, 1.82) is 0 Å². The molecule has 1 fully saturated rings. The van der Waals surface area contributed by atoms with E-state index < -0.39 is 0 Å². The van der Waals surface area contributed by atoms with Crippen LogP contribution >= 0.6 is 39.6 Å². The fourth-order valence-corrected chi connectivity index (χ4v) is 4.32. The molecule has 2 unspecified atom stereocenters. The molecular formula is CH4INP2. The Morgan fingerprint density at radius 3 is 2.20 bits per heavy atom. The molecule has 0 aromatic heterocycles. The van der Waals surface area contributed by atoms with E-state index in [-0.39, 0.29) is 0 Å². The van der Waals surface area contributed by atoms with Crippen molar-refractivity contribution in [1.82, 2.24) is 2.88 Å². The van der Waals surface area contributed by atoms with Gasteiger partial charge < -0.3 is 0 Å². The van der Waals surface area contributed by atoms with Crippen molar-refractivity contribution in [2.75, 3.05) is 6.29 Å². The van der Waals surface area contributed by atoms with E-state index in [1.807, 2.05) is 0 Å². The predicted octanol–water partition coefficient (Wildman–Crippen LogP) is 1.80. The molecule has 0 aromatic rings. The molecule has 1 aliphatic rings. The van der Waals surface area contributed by atoms with Gasteiger partial charge in [0.1, 0.15) is 0 Å². The molecule has 0 aliphatic carbocycles. The van der Waals surface area contributed by atoms with E-state index in [1.165, 1.54) is 14.6 Å². The molecule has 0 saturated carbocycles. The molecule has 0 N–H and O–H groups in total. The second-order valence-electron chi connectivity index (χ2n) is 0.809. The van der Waals surface area contributed by atoms with E-state index in [0.717, 1.165) is 8.42 Å². The maximum absolute atomic E-state index is 2.35. The Morgan fingerprint density at radius 2 is 2.20 bits per heavy atom. The summed E-state index contributed by atoms with van der Waals surface area (Å²) in [4.78, 5) is 0. The Bertz CT molecular complexity index is 36.6. The van der Waals surface area contributed by atoms with Gasteiger partial charge in [-0.3, -0.25) is 0 Å². The van der Waals surface area contributed by atoms with Crippen molar-refractivity contribution < 1.29 is 0 Å². The number of hydrogen-bond donors (Lipinski definition) is 0. The first-order valence-electron chi connectivity index (χ1n) is 1.31. The van der Waals surface area contributed by atoms with Crippen LogP contribution in [0.1, 0.15) is 0 Å². The summed E-state index contributed by atoms with van der Waals surface area (Å²) in [7, 11) is 2.39. The summed E-state index contributed by atoms with van der Waals surface area (Å²) in [5.74, 6) is 0. The normalized spacial score (nSPS) is 35.4. The third kappa shape index (κ3) is 1.23. The molecule has 1 heterocycles. The molecule has 1 rings (SSSR count). The van der Waals surface area contributed by atoms with Crippen molar-refractivity contribution in [3.8, 4) is 0 Å². The number of rotatable bonds is 0. The average Bonchev–Trinajstić information content (AvgIpc) is 1.30. The first kappa shape index (κ1) is 4.70. The predicted molar refractivity (Wildman–Crippen MR) is 37.4 cm³/mol. The van der Waals surface area contributed by atoms with Crippen LogP contribution in [0.25, 0.3) is 0 Å². The highest BCUT2D eigenvalue weighted by Crippen LogP contribution is 2.54. The summed E-state index contributed by atoms with van der Waals surface area (Å²) in [5, 5.41) is 0. The quantitative estimate of drug-likeness (QED) is 0.341. The van der Waals surface area contributed by atoms with Gasteiger partial charge in [0.05, 0.1) is 0 Å². The fraction of sp³-hybridized carbons (Fsp3) is 1.00. The molecule has 0 radical (unpaired) electrons. The molecule has 1 saturated heterocycles. The summed E-state index contributed by atoms with van der Waals surface area (Å²) in [6, 6.07) is 0. The summed E-state index contributed by atoms with van der Waals surface area (Å²) in [5.41, 5.74) is 0. The van der Waals surface area contributed by atoms with Crippen LogP contribution in [0.4, 0.5) is 0 Å². The SMILES string of the molecule is IN1CPP1. The minimum absolute atomic E-state index is 1.14. The van der Waals surface area contributed by atoms with Gasteiger partial charge >= 0.3 is 0 Å². The summed E-state index contributed by atoms with van der Waals surface area (Å²) >= 11 is 2.35. The van der Waals surface area contributed by atoms with Gasteiger partial charge in [-0.25, -0.2) is 2.88 Å². The van der Waals surface area contributed by atoms with Crippen LogP contribution in [0.15, 0.2) is 0 Å². The smallest absolute Gasteiger partial charge is 0.0345 e. The Morgan fingerprint density at radius 1 is 1.80 bits per heavy atom. The molecular weight excluding hydrogens is 215 g/mol. The van der Waals surface area contributed by atoms with Gasteiger partial charge in [-0.05, 0) is 8.42 Å². The minimum atomic E-state index is 1.14. The van der Waals surface area contributed by atoms with E-state index in [4.69, 9.17) is 0 Å². The van der Waals surface area contributed by atoms with Crippen molar-refractivity contribution >= 4 is 39.6 Å². The number of nitrogens with zero attached hydrogens (tertiary/aromatic N) is 1. The van der Waals surface area contributed by atoms with Crippen LogP contribution in [0.2, 0.25) is 0 Å². The highest BCUT2D eigenvalue weighted by atomic mass is 127. The Labute approximate surface area is 48.9 Å². The molecule has 0 aromatic carbocycles.